The molecule has 1 aliphatic carbocycles. The standard InChI is InChI=1S/C18H28N2O3/c1-18(2,3)23-17(22)20-9-13(10-20)8-16(21)19-11-14-6-4-5-7-15(14)12-19/h4-5,13-15H,6-12H2,1-3H3. The van der Waals surface area contributed by atoms with Gasteiger partial charge in [-0.2, -0.15) is 0 Å². The SMILES string of the molecule is CC(C)(C)OC(=O)N1CC(CC(=O)N2CC3CC=CCC3C2)C1. The molecule has 5 heteroatoms. The highest BCUT2D eigenvalue weighted by Gasteiger charge is 2.39. The van der Waals surface area contributed by atoms with E-state index in [1.54, 1.807) is 4.90 Å². The number of carbonyl (C=O) groups excluding carboxylic acids is 2. The number of amides is 2. The Labute approximate surface area is 138 Å². The molecule has 2 aliphatic heterocycles. The van der Waals surface area contributed by atoms with Crippen LogP contribution in [0.5, 0.6) is 0 Å². The number of allylic oxidation sites excluding steroid dienone is 2. The highest BCUT2D eigenvalue weighted by atomic mass is 16.6. The number of rotatable bonds is 2. The van der Waals surface area contributed by atoms with Crippen LogP contribution in [-0.2, 0) is 9.53 Å². The molecule has 0 aromatic heterocycles. The summed E-state index contributed by atoms with van der Waals surface area (Å²) in [5.41, 5.74) is -0.460. The van der Waals surface area contributed by atoms with Gasteiger partial charge in [-0.1, -0.05) is 12.2 Å². The molecular weight excluding hydrogens is 292 g/mol. The van der Waals surface area contributed by atoms with Gasteiger partial charge in [0.1, 0.15) is 5.60 Å². The Morgan fingerprint density at radius 1 is 1.00 bits per heavy atom. The Kier molecular flexibility index (Phi) is 4.39. The van der Waals surface area contributed by atoms with Gasteiger partial charge in [0, 0.05) is 38.5 Å². The third-order valence-corrected chi connectivity index (χ3v) is 5.05. The zero-order valence-corrected chi connectivity index (χ0v) is 14.5. The van der Waals surface area contributed by atoms with E-state index in [0.29, 0.717) is 31.3 Å². The van der Waals surface area contributed by atoms with Gasteiger partial charge in [0.15, 0.2) is 0 Å². The van der Waals surface area contributed by atoms with Crippen LogP contribution in [0.4, 0.5) is 4.79 Å². The third-order valence-electron chi connectivity index (χ3n) is 5.05. The first kappa shape index (κ1) is 16.3. The Balaban J connectivity index is 1.40. The summed E-state index contributed by atoms with van der Waals surface area (Å²) in [6, 6.07) is 0. The van der Waals surface area contributed by atoms with Gasteiger partial charge in [-0.15, -0.1) is 0 Å². The quantitative estimate of drug-likeness (QED) is 0.735. The van der Waals surface area contributed by atoms with Crippen molar-refractivity contribution in [3.05, 3.63) is 12.2 Å². The van der Waals surface area contributed by atoms with Crippen LogP contribution in [-0.4, -0.2) is 53.6 Å². The zero-order chi connectivity index (χ0) is 16.6. The molecule has 0 aromatic carbocycles. The summed E-state index contributed by atoms with van der Waals surface area (Å²) in [7, 11) is 0. The lowest BCUT2D eigenvalue weighted by molar-refractivity contribution is -0.132. The molecule has 128 valence electrons. The molecule has 3 rings (SSSR count). The largest absolute Gasteiger partial charge is 0.444 e. The van der Waals surface area contributed by atoms with Crippen LogP contribution < -0.4 is 0 Å². The van der Waals surface area contributed by atoms with Crippen molar-refractivity contribution in [2.24, 2.45) is 17.8 Å². The van der Waals surface area contributed by atoms with E-state index in [1.165, 1.54) is 0 Å². The van der Waals surface area contributed by atoms with E-state index >= 15 is 0 Å². The molecule has 2 unspecified atom stereocenters. The van der Waals surface area contributed by atoms with Gasteiger partial charge in [-0.3, -0.25) is 4.79 Å². The number of hydrogen-bond acceptors (Lipinski definition) is 3. The van der Waals surface area contributed by atoms with Gasteiger partial charge in [-0.05, 0) is 45.4 Å². The van der Waals surface area contributed by atoms with E-state index < -0.39 is 5.60 Å². The van der Waals surface area contributed by atoms with Crippen molar-refractivity contribution in [2.75, 3.05) is 26.2 Å². The molecule has 0 aromatic rings. The predicted molar refractivity (Wildman–Crippen MR) is 87.8 cm³/mol. The molecule has 0 spiro atoms. The van der Waals surface area contributed by atoms with Crippen molar-refractivity contribution in [2.45, 2.75) is 45.6 Å². The van der Waals surface area contributed by atoms with Gasteiger partial charge in [0.2, 0.25) is 5.91 Å². The molecule has 2 amide bonds. The maximum Gasteiger partial charge on any atom is 0.410 e. The van der Waals surface area contributed by atoms with Crippen molar-refractivity contribution >= 4 is 12.0 Å². The smallest absolute Gasteiger partial charge is 0.410 e. The normalized spacial score (nSPS) is 27.6. The molecule has 0 bridgehead atoms. The van der Waals surface area contributed by atoms with Crippen LogP contribution in [0.15, 0.2) is 12.2 Å². The second kappa shape index (κ2) is 6.17. The Hall–Kier alpha value is -1.52. The van der Waals surface area contributed by atoms with Gasteiger partial charge < -0.3 is 14.5 Å². The summed E-state index contributed by atoms with van der Waals surface area (Å²) in [6.07, 6.45) is 7.03. The maximum atomic E-state index is 12.5. The molecule has 23 heavy (non-hydrogen) atoms. The van der Waals surface area contributed by atoms with E-state index in [1.807, 2.05) is 25.7 Å². The Morgan fingerprint density at radius 2 is 1.57 bits per heavy atom. The summed E-state index contributed by atoms with van der Waals surface area (Å²) >= 11 is 0. The lowest BCUT2D eigenvalue weighted by Gasteiger charge is -2.40. The molecule has 3 aliphatic rings. The summed E-state index contributed by atoms with van der Waals surface area (Å²) in [5.74, 6) is 1.86. The van der Waals surface area contributed by atoms with Gasteiger partial charge >= 0.3 is 6.09 Å². The first-order valence-corrected chi connectivity index (χ1v) is 8.72. The van der Waals surface area contributed by atoms with Gasteiger partial charge in [0.25, 0.3) is 0 Å². The minimum Gasteiger partial charge on any atom is -0.444 e. The maximum absolute atomic E-state index is 12.5. The van der Waals surface area contributed by atoms with E-state index in [4.69, 9.17) is 4.74 Å². The average Bonchev–Trinajstić information content (AvgIpc) is 2.83. The lowest BCUT2D eigenvalue weighted by Crippen LogP contribution is -2.52. The highest BCUT2D eigenvalue weighted by molar-refractivity contribution is 5.77. The number of nitrogens with zero attached hydrogens (tertiary/aromatic N) is 2. The fourth-order valence-electron chi connectivity index (χ4n) is 3.77. The van der Waals surface area contributed by atoms with Gasteiger partial charge in [0.05, 0.1) is 0 Å². The second-order valence-corrected chi connectivity index (χ2v) is 8.22. The van der Waals surface area contributed by atoms with Gasteiger partial charge in [-0.25, -0.2) is 4.79 Å². The third kappa shape index (κ3) is 3.88. The molecule has 0 radical (unpaired) electrons. The lowest BCUT2D eigenvalue weighted by atomic mass is 9.86. The first-order chi connectivity index (χ1) is 10.8. The van der Waals surface area contributed by atoms with Crippen molar-refractivity contribution in [1.82, 2.24) is 9.80 Å². The van der Waals surface area contributed by atoms with Crippen LogP contribution in [0.2, 0.25) is 0 Å². The Bertz CT molecular complexity index is 487. The number of likely N-dealkylation sites (tertiary alicyclic amines) is 2. The second-order valence-electron chi connectivity index (χ2n) is 8.22. The number of ether oxygens (including phenoxy) is 1. The van der Waals surface area contributed by atoms with Crippen molar-refractivity contribution in [3.63, 3.8) is 0 Å². The minimum absolute atomic E-state index is 0.258. The van der Waals surface area contributed by atoms with Crippen LogP contribution in [0.25, 0.3) is 0 Å². The summed E-state index contributed by atoms with van der Waals surface area (Å²) in [5, 5.41) is 0. The molecule has 2 fully saturated rings. The van der Waals surface area contributed by atoms with Crippen molar-refractivity contribution < 1.29 is 14.3 Å². The molecule has 2 heterocycles. The number of hydrogen-bond donors (Lipinski definition) is 0. The summed E-state index contributed by atoms with van der Waals surface area (Å²) in [4.78, 5) is 28.1. The highest BCUT2D eigenvalue weighted by Crippen LogP contribution is 2.33. The van der Waals surface area contributed by atoms with E-state index in [2.05, 4.69) is 12.2 Å². The Morgan fingerprint density at radius 3 is 2.09 bits per heavy atom. The van der Waals surface area contributed by atoms with E-state index in [0.717, 1.165) is 25.9 Å². The fourth-order valence-corrected chi connectivity index (χ4v) is 3.77. The fraction of sp³-hybridized carbons (Fsp3) is 0.778. The number of fused-ring (bicyclic) bond motifs is 1. The monoisotopic (exact) mass is 320 g/mol. The minimum atomic E-state index is -0.460. The topological polar surface area (TPSA) is 49.9 Å². The molecule has 0 N–H and O–H groups in total. The van der Waals surface area contributed by atoms with Crippen LogP contribution in [0, 0.1) is 17.8 Å². The van der Waals surface area contributed by atoms with Crippen molar-refractivity contribution in [3.8, 4) is 0 Å². The molecule has 5 nitrogen and oxygen atoms in total. The van der Waals surface area contributed by atoms with Crippen molar-refractivity contribution in [1.29, 1.82) is 0 Å². The molecule has 2 atom stereocenters. The predicted octanol–water partition coefficient (Wildman–Crippen LogP) is 2.67. The molecular formula is C18H28N2O3. The first-order valence-electron chi connectivity index (χ1n) is 8.72. The summed E-state index contributed by atoms with van der Waals surface area (Å²) < 4.78 is 5.34. The summed E-state index contributed by atoms with van der Waals surface area (Å²) in [6.45, 7) is 8.71. The van der Waals surface area contributed by atoms with Crippen LogP contribution >= 0.6 is 0 Å². The van der Waals surface area contributed by atoms with E-state index in [-0.39, 0.29) is 17.9 Å². The average molecular weight is 320 g/mol. The van der Waals surface area contributed by atoms with Crippen LogP contribution in [0.1, 0.15) is 40.0 Å². The molecule has 2 saturated heterocycles. The zero-order valence-electron chi connectivity index (χ0n) is 14.5. The van der Waals surface area contributed by atoms with Crippen LogP contribution in [0.3, 0.4) is 0 Å². The van der Waals surface area contributed by atoms with E-state index in [9.17, 15) is 9.59 Å². The molecule has 0 saturated carbocycles. The number of carbonyl (C=O) groups is 2.